The van der Waals surface area contributed by atoms with Crippen molar-refractivity contribution < 1.29 is 4.79 Å². The molecule has 34 heavy (non-hydrogen) atoms. The number of aliphatic imine (C=N–C) groups is 1. The molecule has 1 unspecified atom stereocenters. The van der Waals surface area contributed by atoms with Crippen LogP contribution in [0.1, 0.15) is 25.3 Å². The fourth-order valence-corrected chi connectivity index (χ4v) is 4.45. The molecule has 174 valence electrons. The van der Waals surface area contributed by atoms with Crippen molar-refractivity contribution in [3.05, 3.63) is 72.3 Å². The van der Waals surface area contributed by atoms with Gasteiger partial charge in [0.2, 0.25) is 5.96 Å². The molecule has 0 radical (unpaired) electrons. The summed E-state index contributed by atoms with van der Waals surface area (Å²) in [6.45, 7) is 5.85. The third-order valence-corrected chi connectivity index (χ3v) is 6.21. The van der Waals surface area contributed by atoms with Crippen LogP contribution < -0.4 is 10.6 Å². The molecule has 0 saturated carbocycles. The van der Waals surface area contributed by atoms with Crippen LogP contribution in [0.4, 0.5) is 16.2 Å². The number of hydrogen-bond acceptors (Lipinski definition) is 3. The third kappa shape index (κ3) is 5.12. The summed E-state index contributed by atoms with van der Waals surface area (Å²) < 4.78 is 0. The second-order valence-corrected chi connectivity index (χ2v) is 8.50. The summed E-state index contributed by atoms with van der Waals surface area (Å²) in [6.07, 6.45) is 3.84. The Bertz CT molecular complexity index is 1230. The van der Waals surface area contributed by atoms with E-state index in [9.17, 15) is 10.1 Å². The van der Waals surface area contributed by atoms with Crippen LogP contribution in [-0.2, 0) is 0 Å². The van der Waals surface area contributed by atoms with Crippen molar-refractivity contribution in [2.75, 3.05) is 25.0 Å². The Morgan fingerprint density at radius 1 is 1.09 bits per heavy atom. The van der Waals surface area contributed by atoms with E-state index >= 15 is 0 Å². The van der Waals surface area contributed by atoms with Gasteiger partial charge >= 0.3 is 6.03 Å². The number of para-hydroxylation sites is 1. The maximum Gasteiger partial charge on any atom is 0.322 e. The summed E-state index contributed by atoms with van der Waals surface area (Å²) in [5, 5.41) is 17.3. The highest BCUT2D eigenvalue weighted by atomic mass is 16.2. The average molecular weight is 455 g/mol. The van der Waals surface area contributed by atoms with E-state index in [0.29, 0.717) is 25.6 Å². The highest BCUT2D eigenvalue weighted by Crippen LogP contribution is 2.25. The minimum absolute atomic E-state index is 0.0105. The molecule has 3 aromatic carbocycles. The first-order valence-corrected chi connectivity index (χ1v) is 11.7. The highest BCUT2D eigenvalue weighted by Gasteiger charge is 2.31. The predicted molar refractivity (Wildman–Crippen MR) is 137 cm³/mol. The fraction of sp³-hybridized carbons (Fsp3) is 0.296. The number of aryl methyl sites for hydroxylation is 1. The van der Waals surface area contributed by atoms with Gasteiger partial charge in [0.25, 0.3) is 0 Å². The first-order chi connectivity index (χ1) is 16.6. The number of rotatable bonds is 4. The summed E-state index contributed by atoms with van der Waals surface area (Å²) in [5.41, 5.74) is 2.68. The normalized spacial score (nSPS) is 16.3. The number of urea groups is 1. The molecular formula is C27H30N6O. The number of nitriles is 1. The maximum absolute atomic E-state index is 13.3. The summed E-state index contributed by atoms with van der Waals surface area (Å²) in [6, 6.07) is 21.7. The Morgan fingerprint density at radius 3 is 2.65 bits per heavy atom. The van der Waals surface area contributed by atoms with Gasteiger partial charge in [-0.3, -0.25) is 5.32 Å². The van der Waals surface area contributed by atoms with Crippen molar-refractivity contribution >= 4 is 34.1 Å². The molecule has 3 aromatic rings. The molecule has 1 heterocycles. The Hall–Kier alpha value is -4.05. The van der Waals surface area contributed by atoms with Crippen LogP contribution in [0.3, 0.4) is 0 Å². The summed E-state index contributed by atoms with van der Waals surface area (Å²) in [5.74, 6) is 0.520. The van der Waals surface area contributed by atoms with Gasteiger partial charge in [-0.05, 0) is 36.4 Å². The van der Waals surface area contributed by atoms with Crippen LogP contribution in [0.2, 0.25) is 0 Å². The molecule has 1 saturated heterocycles. The Kier molecular flexibility index (Phi) is 7.28. The van der Waals surface area contributed by atoms with E-state index in [4.69, 9.17) is 4.99 Å². The Labute approximate surface area is 200 Å². The number of nitrogens with one attached hydrogen (secondary N) is 2. The largest absolute Gasteiger partial charge is 0.338 e. The van der Waals surface area contributed by atoms with Crippen LogP contribution in [-0.4, -0.2) is 47.5 Å². The molecule has 7 heteroatoms. The number of anilines is 1. The van der Waals surface area contributed by atoms with Gasteiger partial charge in [0.15, 0.2) is 6.19 Å². The monoisotopic (exact) mass is 454 g/mol. The molecule has 1 fully saturated rings. The van der Waals surface area contributed by atoms with Crippen LogP contribution in [0, 0.1) is 18.4 Å². The van der Waals surface area contributed by atoms with Gasteiger partial charge in [0, 0.05) is 25.0 Å². The molecule has 0 bridgehead atoms. The molecule has 1 aliphatic rings. The minimum Gasteiger partial charge on any atom is -0.338 e. The van der Waals surface area contributed by atoms with Gasteiger partial charge in [-0.25, -0.2) is 9.79 Å². The van der Waals surface area contributed by atoms with Crippen LogP contribution in [0.5, 0.6) is 0 Å². The lowest BCUT2D eigenvalue weighted by atomic mass is 10.1. The third-order valence-electron chi connectivity index (χ3n) is 6.21. The van der Waals surface area contributed by atoms with E-state index in [2.05, 4.69) is 22.5 Å². The molecule has 0 aliphatic carbocycles. The van der Waals surface area contributed by atoms with Crippen molar-refractivity contribution in [2.24, 2.45) is 4.99 Å². The van der Waals surface area contributed by atoms with E-state index in [1.807, 2.05) is 84.7 Å². The molecule has 0 aromatic heterocycles. The smallest absolute Gasteiger partial charge is 0.322 e. The lowest BCUT2D eigenvalue weighted by molar-refractivity contribution is 0.129. The van der Waals surface area contributed by atoms with Crippen molar-refractivity contribution in [1.82, 2.24) is 15.1 Å². The highest BCUT2D eigenvalue weighted by molar-refractivity contribution is 6.01. The molecule has 7 nitrogen and oxygen atoms in total. The molecule has 2 N–H and O–H groups in total. The van der Waals surface area contributed by atoms with Gasteiger partial charge in [0.1, 0.15) is 0 Å². The topological polar surface area (TPSA) is 83.8 Å². The molecule has 4 rings (SSSR count). The van der Waals surface area contributed by atoms with Crippen LogP contribution in [0.25, 0.3) is 10.8 Å². The number of fused-ring (bicyclic) bond motifs is 1. The zero-order valence-corrected chi connectivity index (χ0v) is 19.7. The number of hydrogen-bond donors (Lipinski definition) is 2. The van der Waals surface area contributed by atoms with E-state index < -0.39 is 0 Å². The summed E-state index contributed by atoms with van der Waals surface area (Å²) in [7, 11) is 0. The molecule has 2 amide bonds. The second kappa shape index (κ2) is 10.7. The van der Waals surface area contributed by atoms with Gasteiger partial charge in [-0.1, -0.05) is 67.9 Å². The number of guanidine groups is 1. The number of nitrogens with zero attached hydrogens (tertiary/aromatic N) is 4. The quantitative estimate of drug-likeness (QED) is 0.245. The van der Waals surface area contributed by atoms with Crippen LogP contribution in [0.15, 0.2) is 71.7 Å². The fourth-order valence-electron chi connectivity index (χ4n) is 4.45. The van der Waals surface area contributed by atoms with Crippen molar-refractivity contribution in [3.63, 3.8) is 0 Å². The molecule has 1 atom stereocenters. The standard InChI is InChI=1S/C27H30N6O/c1-3-9-22-18-32(26(29-19-28)30-24-14-7-4-10-20(24)2)16-17-33(22)27(34)31-25-15-8-12-21-11-5-6-13-23(21)25/h4-8,10-15,22H,3,9,16-18H2,1-2H3,(H,29,30)(H,31,34). The van der Waals surface area contributed by atoms with Crippen LogP contribution >= 0.6 is 0 Å². The maximum atomic E-state index is 13.3. The SMILES string of the molecule is CCCC1CN(C(=Nc2ccccc2C)NC#N)CCN1C(=O)Nc1cccc2ccccc12. The molecule has 1 aliphatic heterocycles. The van der Waals surface area contributed by atoms with Crippen molar-refractivity contribution in [1.29, 1.82) is 5.26 Å². The first-order valence-electron chi connectivity index (χ1n) is 11.7. The number of amides is 2. The lowest BCUT2D eigenvalue weighted by Gasteiger charge is -2.42. The summed E-state index contributed by atoms with van der Waals surface area (Å²) >= 11 is 0. The van der Waals surface area contributed by atoms with Gasteiger partial charge in [-0.15, -0.1) is 0 Å². The minimum atomic E-state index is -0.0971. The zero-order chi connectivity index (χ0) is 23.9. The molecular weight excluding hydrogens is 424 g/mol. The number of benzene rings is 3. The van der Waals surface area contributed by atoms with E-state index in [1.165, 1.54) is 0 Å². The summed E-state index contributed by atoms with van der Waals surface area (Å²) in [4.78, 5) is 22.0. The number of piperazine rings is 1. The zero-order valence-electron chi connectivity index (χ0n) is 19.7. The van der Waals surface area contributed by atoms with E-state index in [0.717, 1.165) is 40.6 Å². The number of carbonyl (C=O) groups excluding carboxylic acids is 1. The van der Waals surface area contributed by atoms with E-state index in [1.54, 1.807) is 0 Å². The Balaban J connectivity index is 1.53. The lowest BCUT2D eigenvalue weighted by Crippen LogP contribution is -2.59. The van der Waals surface area contributed by atoms with Gasteiger partial charge < -0.3 is 15.1 Å². The predicted octanol–water partition coefficient (Wildman–Crippen LogP) is 5.22. The molecule has 0 spiro atoms. The average Bonchev–Trinajstić information content (AvgIpc) is 2.85. The van der Waals surface area contributed by atoms with Crippen molar-refractivity contribution in [2.45, 2.75) is 32.7 Å². The van der Waals surface area contributed by atoms with Gasteiger partial charge in [-0.2, -0.15) is 5.26 Å². The van der Waals surface area contributed by atoms with Crippen molar-refractivity contribution in [3.8, 4) is 6.19 Å². The van der Waals surface area contributed by atoms with E-state index in [-0.39, 0.29) is 12.1 Å². The number of carbonyl (C=O) groups is 1. The first kappa shape index (κ1) is 23.1. The second-order valence-electron chi connectivity index (χ2n) is 8.50. The Morgan fingerprint density at radius 2 is 1.85 bits per heavy atom. The van der Waals surface area contributed by atoms with Gasteiger partial charge in [0.05, 0.1) is 17.4 Å².